The van der Waals surface area contributed by atoms with E-state index in [1.54, 1.807) is 29.8 Å². The fraction of sp³-hybridized carbons (Fsp3) is 0.190. The summed E-state index contributed by atoms with van der Waals surface area (Å²) < 4.78 is 6.11. The standard InChI is InChI=1S/C21H19N3O2S2/c1-26-9-7-22-20(25)18-13-16(19-17(24-18)6-10-27-19)12-14-2-4-15(5-3-14)21-23-8-11-28-21/h2-6,8,10-11,13H,7,9,12H2,1H3,(H,22,25). The number of nitrogens with one attached hydrogen (secondary N) is 1. The van der Waals surface area contributed by atoms with Crippen LogP contribution >= 0.6 is 22.7 Å². The second kappa shape index (κ2) is 8.60. The summed E-state index contributed by atoms with van der Waals surface area (Å²) in [6, 6.07) is 12.3. The zero-order valence-corrected chi connectivity index (χ0v) is 17.0. The number of thiazole rings is 1. The van der Waals surface area contributed by atoms with E-state index in [4.69, 9.17) is 4.74 Å². The molecular formula is C21H19N3O2S2. The van der Waals surface area contributed by atoms with Crippen LogP contribution in [0.2, 0.25) is 0 Å². The molecule has 1 aromatic carbocycles. The first-order chi connectivity index (χ1) is 13.7. The lowest BCUT2D eigenvalue weighted by Crippen LogP contribution is -2.27. The number of thiophene rings is 1. The normalized spacial score (nSPS) is 11.0. The van der Waals surface area contributed by atoms with Crippen LogP contribution in [0.1, 0.15) is 21.6 Å². The molecular weight excluding hydrogens is 390 g/mol. The van der Waals surface area contributed by atoms with Gasteiger partial charge in [0.2, 0.25) is 0 Å². The molecule has 3 aromatic heterocycles. The van der Waals surface area contributed by atoms with Crippen molar-refractivity contribution in [3.8, 4) is 10.6 Å². The third kappa shape index (κ3) is 4.11. The molecule has 5 nitrogen and oxygen atoms in total. The fourth-order valence-electron chi connectivity index (χ4n) is 2.98. The van der Waals surface area contributed by atoms with Crippen molar-refractivity contribution in [1.82, 2.24) is 15.3 Å². The summed E-state index contributed by atoms with van der Waals surface area (Å²) in [5.41, 5.74) is 4.72. The number of benzene rings is 1. The highest BCUT2D eigenvalue weighted by molar-refractivity contribution is 7.17. The minimum atomic E-state index is -0.175. The number of aromatic nitrogens is 2. The van der Waals surface area contributed by atoms with E-state index in [0.717, 1.165) is 32.8 Å². The average Bonchev–Trinajstić information content (AvgIpc) is 3.40. The molecule has 3 heterocycles. The Bertz CT molecular complexity index is 1070. The molecule has 1 amide bonds. The number of rotatable bonds is 7. The Morgan fingerprint density at radius 3 is 2.75 bits per heavy atom. The fourth-order valence-corrected chi connectivity index (χ4v) is 4.47. The summed E-state index contributed by atoms with van der Waals surface area (Å²) in [7, 11) is 1.61. The molecule has 4 aromatic rings. The van der Waals surface area contributed by atoms with Crippen LogP contribution in [-0.2, 0) is 11.2 Å². The van der Waals surface area contributed by atoms with Crippen molar-refractivity contribution < 1.29 is 9.53 Å². The number of hydrogen-bond donors (Lipinski definition) is 1. The predicted octanol–water partition coefficient (Wildman–Crippen LogP) is 4.39. The molecule has 0 unspecified atom stereocenters. The number of carbonyl (C=O) groups excluding carboxylic acids is 1. The molecule has 7 heteroatoms. The summed E-state index contributed by atoms with van der Waals surface area (Å²) in [5.74, 6) is -0.175. The molecule has 0 saturated carbocycles. The summed E-state index contributed by atoms with van der Waals surface area (Å²) in [5, 5.41) is 7.85. The zero-order chi connectivity index (χ0) is 19.3. The van der Waals surface area contributed by atoms with E-state index >= 15 is 0 Å². The Hall–Kier alpha value is -2.61. The maximum absolute atomic E-state index is 12.4. The van der Waals surface area contributed by atoms with Gasteiger partial charge in [0.1, 0.15) is 10.7 Å². The van der Waals surface area contributed by atoms with Crippen LogP contribution in [0.4, 0.5) is 0 Å². The molecule has 0 spiro atoms. The minimum absolute atomic E-state index is 0.175. The highest BCUT2D eigenvalue weighted by Crippen LogP contribution is 2.28. The van der Waals surface area contributed by atoms with E-state index < -0.39 is 0 Å². The molecule has 0 fully saturated rings. The molecule has 0 radical (unpaired) electrons. The lowest BCUT2D eigenvalue weighted by molar-refractivity contribution is 0.0932. The van der Waals surface area contributed by atoms with Crippen LogP contribution < -0.4 is 5.32 Å². The molecule has 4 rings (SSSR count). The van der Waals surface area contributed by atoms with Gasteiger partial charge in [-0.15, -0.1) is 22.7 Å². The second-order valence-electron chi connectivity index (χ2n) is 6.26. The monoisotopic (exact) mass is 409 g/mol. The van der Waals surface area contributed by atoms with Crippen LogP contribution in [0.3, 0.4) is 0 Å². The molecule has 142 valence electrons. The van der Waals surface area contributed by atoms with Crippen molar-refractivity contribution in [2.24, 2.45) is 0 Å². The summed E-state index contributed by atoms with van der Waals surface area (Å²) in [6.45, 7) is 0.941. The Balaban J connectivity index is 1.59. The highest BCUT2D eigenvalue weighted by atomic mass is 32.1. The molecule has 0 saturated heterocycles. The Kier molecular flexibility index (Phi) is 5.76. The lowest BCUT2D eigenvalue weighted by Gasteiger charge is -2.09. The van der Waals surface area contributed by atoms with Gasteiger partial charge in [-0.05, 0) is 35.1 Å². The van der Waals surface area contributed by atoms with Gasteiger partial charge < -0.3 is 10.1 Å². The summed E-state index contributed by atoms with van der Waals surface area (Å²) in [6.07, 6.45) is 2.56. The zero-order valence-electron chi connectivity index (χ0n) is 15.3. The summed E-state index contributed by atoms with van der Waals surface area (Å²) in [4.78, 5) is 21.3. The van der Waals surface area contributed by atoms with Crippen molar-refractivity contribution >= 4 is 38.8 Å². The highest BCUT2D eigenvalue weighted by Gasteiger charge is 2.13. The first-order valence-electron chi connectivity index (χ1n) is 8.87. The van der Waals surface area contributed by atoms with E-state index in [-0.39, 0.29) is 5.91 Å². The van der Waals surface area contributed by atoms with Gasteiger partial charge in [0.15, 0.2) is 0 Å². The van der Waals surface area contributed by atoms with Crippen LogP contribution in [0, 0.1) is 0 Å². The Morgan fingerprint density at radius 2 is 2.00 bits per heavy atom. The second-order valence-corrected chi connectivity index (χ2v) is 8.07. The van der Waals surface area contributed by atoms with E-state index in [0.29, 0.717) is 18.8 Å². The molecule has 0 aliphatic rings. The number of ether oxygens (including phenoxy) is 1. The smallest absolute Gasteiger partial charge is 0.269 e. The van der Waals surface area contributed by atoms with Crippen LogP contribution in [0.15, 0.2) is 53.4 Å². The third-order valence-electron chi connectivity index (χ3n) is 4.34. The van der Waals surface area contributed by atoms with E-state index in [9.17, 15) is 4.79 Å². The van der Waals surface area contributed by atoms with E-state index in [1.165, 1.54) is 5.56 Å². The largest absolute Gasteiger partial charge is 0.383 e. The number of carbonyl (C=O) groups is 1. The number of pyridine rings is 1. The Labute approximate surface area is 171 Å². The maximum Gasteiger partial charge on any atom is 0.269 e. The first-order valence-corrected chi connectivity index (χ1v) is 10.6. The SMILES string of the molecule is COCCNC(=O)c1cc(Cc2ccc(-c3nccs3)cc2)c2sccc2n1. The maximum atomic E-state index is 12.4. The molecule has 0 aliphatic carbocycles. The van der Waals surface area contributed by atoms with Gasteiger partial charge in [0, 0.05) is 30.8 Å². The average molecular weight is 410 g/mol. The van der Waals surface area contributed by atoms with Crippen molar-refractivity contribution in [1.29, 1.82) is 0 Å². The third-order valence-corrected chi connectivity index (χ3v) is 6.14. The minimum Gasteiger partial charge on any atom is -0.383 e. The molecule has 28 heavy (non-hydrogen) atoms. The number of amides is 1. The topological polar surface area (TPSA) is 64.1 Å². The molecule has 0 aliphatic heterocycles. The lowest BCUT2D eigenvalue weighted by atomic mass is 10.0. The number of nitrogens with zero attached hydrogens (tertiary/aromatic N) is 2. The van der Waals surface area contributed by atoms with Crippen LogP contribution in [0.25, 0.3) is 20.8 Å². The van der Waals surface area contributed by atoms with Crippen molar-refractivity contribution in [3.63, 3.8) is 0 Å². The number of fused-ring (bicyclic) bond motifs is 1. The van der Waals surface area contributed by atoms with Crippen molar-refractivity contribution in [2.45, 2.75) is 6.42 Å². The number of hydrogen-bond acceptors (Lipinski definition) is 6. The van der Waals surface area contributed by atoms with E-state index in [1.807, 2.05) is 29.1 Å². The quantitative estimate of drug-likeness (QED) is 0.460. The van der Waals surface area contributed by atoms with Gasteiger partial charge in [0.25, 0.3) is 5.91 Å². The van der Waals surface area contributed by atoms with E-state index in [2.05, 4.69) is 39.6 Å². The van der Waals surface area contributed by atoms with Gasteiger partial charge in [0.05, 0.1) is 16.8 Å². The van der Waals surface area contributed by atoms with Gasteiger partial charge in [-0.25, -0.2) is 9.97 Å². The Morgan fingerprint density at radius 1 is 1.14 bits per heavy atom. The van der Waals surface area contributed by atoms with Crippen LogP contribution in [-0.4, -0.2) is 36.1 Å². The van der Waals surface area contributed by atoms with Crippen molar-refractivity contribution in [2.75, 3.05) is 20.3 Å². The summed E-state index contributed by atoms with van der Waals surface area (Å²) >= 11 is 3.28. The van der Waals surface area contributed by atoms with Gasteiger partial charge in [-0.3, -0.25) is 4.79 Å². The molecule has 0 atom stereocenters. The van der Waals surface area contributed by atoms with Gasteiger partial charge in [-0.1, -0.05) is 24.3 Å². The van der Waals surface area contributed by atoms with Crippen LogP contribution in [0.5, 0.6) is 0 Å². The predicted molar refractivity (Wildman–Crippen MR) is 114 cm³/mol. The van der Waals surface area contributed by atoms with Gasteiger partial charge >= 0.3 is 0 Å². The first kappa shape index (κ1) is 18.7. The van der Waals surface area contributed by atoms with Gasteiger partial charge in [-0.2, -0.15) is 0 Å². The molecule has 1 N–H and O–H groups in total. The molecule has 0 bridgehead atoms. The number of methoxy groups -OCH3 is 1. The van der Waals surface area contributed by atoms with Crippen molar-refractivity contribution in [3.05, 3.63) is 70.2 Å².